The summed E-state index contributed by atoms with van der Waals surface area (Å²) in [5.41, 5.74) is 10.4. The molecule has 4 aromatic rings. The molecule has 32 heavy (non-hydrogen) atoms. The van der Waals surface area contributed by atoms with Gasteiger partial charge in [-0.25, -0.2) is 0 Å². The molecule has 0 radical (unpaired) electrons. The summed E-state index contributed by atoms with van der Waals surface area (Å²) >= 11 is 6.02. The van der Waals surface area contributed by atoms with Gasteiger partial charge < -0.3 is 4.98 Å². The Kier molecular flexibility index (Phi) is 6.52. The van der Waals surface area contributed by atoms with E-state index in [1.165, 1.54) is 5.56 Å². The number of carbonyl (C=O) groups excluding carboxylic acids is 2. The van der Waals surface area contributed by atoms with Crippen molar-refractivity contribution >= 4 is 34.3 Å². The summed E-state index contributed by atoms with van der Waals surface area (Å²) in [5.74, 6) is -0.714. The van der Waals surface area contributed by atoms with Gasteiger partial charge in [-0.3, -0.25) is 25.4 Å². The molecule has 0 unspecified atom stereocenters. The van der Waals surface area contributed by atoms with E-state index < -0.39 is 5.91 Å². The summed E-state index contributed by atoms with van der Waals surface area (Å²) in [4.78, 5) is 32.4. The van der Waals surface area contributed by atoms with Gasteiger partial charge in [0.05, 0.1) is 22.0 Å². The third-order valence-corrected chi connectivity index (χ3v) is 5.58. The van der Waals surface area contributed by atoms with Crippen molar-refractivity contribution in [3.8, 4) is 11.4 Å². The van der Waals surface area contributed by atoms with Crippen LogP contribution >= 0.6 is 11.6 Å². The third kappa shape index (κ3) is 4.81. The Morgan fingerprint density at radius 2 is 1.84 bits per heavy atom. The first-order valence-corrected chi connectivity index (χ1v) is 10.8. The van der Waals surface area contributed by atoms with Crippen molar-refractivity contribution in [3.63, 3.8) is 0 Å². The topological polar surface area (TPSA) is 86.9 Å². The molecule has 0 atom stereocenters. The number of carbonyl (C=O) groups is 2. The van der Waals surface area contributed by atoms with E-state index in [1.807, 2.05) is 18.2 Å². The van der Waals surface area contributed by atoms with E-state index in [0.717, 1.165) is 27.9 Å². The number of hydrogen-bond acceptors (Lipinski definition) is 3. The molecule has 3 N–H and O–H groups in total. The minimum absolute atomic E-state index is 0.263. The molecule has 162 valence electrons. The molecule has 0 saturated heterocycles. The molecule has 7 heteroatoms. The standard InChI is InChI=1S/C25H23ClN4O2/c1-16-12-13-21-19(15-16)17(24(28-21)22-10-4-5-14-27-22)8-6-11-23(31)29-30-25(32)18-7-2-3-9-20(18)26/h2-5,7,9-10,12-15,28H,6,8,11H2,1H3,(H,29,31)(H,30,32). The fourth-order valence-electron chi connectivity index (χ4n) is 3.68. The first kappa shape index (κ1) is 21.6. The van der Waals surface area contributed by atoms with E-state index in [9.17, 15) is 9.59 Å². The number of halogens is 1. The van der Waals surface area contributed by atoms with Gasteiger partial charge in [-0.05, 0) is 61.7 Å². The van der Waals surface area contributed by atoms with Crippen LogP contribution in [0.3, 0.4) is 0 Å². The molecule has 2 heterocycles. The highest BCUT2D eigenvalue weighted by atomic mass is 35.5. The van der Waals surface area contributed by atoms with Gasteiger partial charge in [0, 0.05) is 23.5 Å². The molecular weight excluding hydrogens is 424 g/mol. The highest BCUT2D eigenvalue weighted by Gasteiger charge is 2.15. The number of aromatic amines is 1. The number of aryl methyl sites for hydroxylation is 2. The van der Waals surface area contributed by atoms with E-state index in [0.29, 0.717) is 23.4 Å². The molecule has 4 rings (SSSR count). The minimum atomic E-state index is -0.450. The highest BCUT2D eigenvalue weighted by molar-refractivity contribution is 6.33. The first-order chi connectivity index (χ1) is 15.5. The van der Waals surface area contributed by atoms with Crippen molar-refractivity contribution in [2.45, 2.75) is 26.2 Å². The molecule has 0 spiro atoms. The zero-order chi connectivity index (χ0) is 22.5. The Morgan fingerprint density at radius 3 is 2.62 bits per heavy atom. The zero-order valence-electron chi connectivity index (χ0n) is 17.6. The maximum atomic E-state index is 12.3. The number of benzene rings is 2. The molecule has 0 saturated carbocycles. The van der Waals surface area contributed by atoms with Crippen molar-refractivity contribution in [1.29, 1.82) is 0 Å². The predicted molar refractivity (Wildman–Crippen MR) is 126 cm³/mol. The van der Waals surface area contributed by atoms with Crippen LogP contribution in [0.25, 0.3) is 22.3 Å². The van der Waals surface area contributed by atoms with E-state index in [-0.39, 0.29) is 12.3 Å². The first-order valence-electron chi connectivity index (χ1n) is 10.4. The summed E-state index contributed by atoms with van der Waals surface area (Å²) < 4.78 is 0. The number of aromatic nitrogens is 2. The van der Waals surface area contributed by atoms with Gasteiger partial charge in [0.25, 0.3) is 5.91 Å². The average molecular weight is 447 g/mol. The number of rotatable bonds is 6. The van der Waals surface area contributed by atoms with Gasteiger partial charge in [-0.2, -0.15) is 0 Å². The molecular formula is C25H23ClN4O2. The lowest BCUT2D eigenvalue weighted by molar-refractivity contribution is -0.121. The number of H-pyrrole nitrogens is 1. The summed E-state index contributed by atoms with van der Waals surface area (Å²) in [5, 5.41) is 1.47. The molecule has 0 fully saturated rings. The number of pyridine rings is 1. The number of hydrogen-bond donors (Lipinski definition) is 3. The lowest BCUT2D eigenvalue weighted by Crippen LogP contribution is -2.41. The largest absolute Gasteiger partial charge is 0.353 e. The van der Waals surface area contributed by atoms with Crippen LogP contribution in [0.2, 0.25) is 5.02 Å². The molecule has 2 amide bonds. The predicted octanol–water partition coefficient (Wildman–Crippen LogP) is 4.98. The van der Waals surface area contributed by atoms with Crippen LogP contribution in [0, 0.1) is 6.92 Å². The van der Waals surface area contributed by atoms with E-state index in [2.05, 4.69) is 45.9 Å². The van der Waals surface area contributed by atoms with Crippen molar-refractivity contribution in [3.05, 3.63) is 88.6 Å². The van der Waals surface area contributed by atoms with E-state index in [4.69, 9.17) is 11.6 Å². The van der Waals surface area contributed by atoms with Crippen LogP contribution in [-0.4, -0.2) is 21.8 Å². The quantitative estimate of drug-likeness (QED) is 0.365. The third-order valence-electron chi connectivity index (χ3n) is 5.25. The Labute approximate surface area is 191 Å². The van der Waals surface area contributed by atoms with Crippen LogP contribution in [0.15, 0.2) is 66.9 Å². The summed E-state index contributed by atoms with van der Waals surface area (Å²) in [6.07, 6.45) is 3.35. The molecule has 0 bridgehead atoms. The molecule has 0 aliphatic heterocycles. The van der Waals surface area contributed by atoms with E-state index in [1.54, 1.807) is 30.5 Å². The van der Waals surface area contributed by atoms with Crippen LogP contribution in [0.5, 0.6) is 0 Å². The minimum Gasteiger partial charge on any atom is -0.353 e. The normalized spacial score (nSPS) is 10.8. The van der Waals surface area contributed by atoms with Gasteiger partial charge >= 0.3 is 0 Å². The van der Waals surface area contributed by atoms with Gasteiger partial charge in [0.1, 0.15) is 0 Å². The second-order valence-corrected chi connectivity index (χ2v) is 7.99. The highest BCUT2D eigenvalue weighted by Crippen LogP contribution is 2.31. The Balaban J connectivity index is 1.42. The molecule has 0 aliphatic rings. The monoisotopic (exact) mass is 446 g/mol. The van der Waals surface area contributed by atoms with Crippen molar-refractivity contribution in [2.24, 2.45) is 0 Å². The van der Waals surface area contributed by atoms with Crippen LogP contribution in [0.1, 0.15) is 34.3 Å². The molecule has 0 aliphatic carbocycles. The maximum Gasteiger partial charge on any atom is 0.271 e. The van der Waals surface area contributed by atoms with Gasteiger partial charge in [-0.15, -0.1) is 0 Å². The number of amides is 2. The Hall–Kier alpha value is -3.64. The molecule has 6 nitrogen and oxygen atoms in total. The number of hydrazine groups is 1. The van der Waals surface area contributed by atoms with Crippen LogP contribution in [0.4, 0.5) is 0 Å². The smallest absolute Gasteiger partial charge is 0.271 e. The fraction of sp³-hybridized carbons (Fsp3) is 0.160. The fourth-order valence-corrected chi connectivity index (χ4v) is 3.90. The van der Waals surface area contributed by atoms with E-state index >= 15 is 0 Å². The number of nitrogens with one attached hydrogen (secondary N) is 3. The van der Waals surface area contributed by atoms with Gasteiger partial charge in [-0.1, -0.05) is 41.4 Å². The summed E-state index contributed by atoms with van der Waals surface area (Å²) in [6.45, 7) is 2.06. The summed E-state index contributed by atoms with van der Waals surface area (Å²) in [7, 11) is 0. The average Bonchev–Trinajstić information content (AvgIpc) is 3.16. The maximum absolute atomic E-state index is 12.3. The molecule has 2 aromatic heterocycles. The van der Waals surface area contributed by atoms with Crippen molar-refractivity contribution in [1.82, 2.24) is 20.8 Å². The summed E-state index contributed by atoms with van der Waals surface area (Å²) in [6, 6.07) is 18.8. The van der Waals surface area contributed by atoms with Crippen molar-refractivity contribution in [2.75, 3.05) is 0 Å². The number of nitrogens with zero attached hydrogens (tertiary/aromatic N) is 1. The Bertz CT molecular complexity index is 1270. The SMILES string of the molecule is Cc1ccc2[nH]c(-c3ccccn3)c(CCCC(=O)NNC(=O)c3ccccc3Cl)c2c1. The van der Waals surface area contributed by atoms with Crippen molar-refractivity contribution < 1.29 is 9.59 Å². The zero-order valence-corrected chi connectivity index (χ0v) is 18.4. The van der Waals surface area contributed by atoms with Crippen LogP contribution < -0.4 is 10.9 Å². The number of fused-ring (bicyclic) bond motifs is 1. The van der Waals surface area contributed by atoms with Gasteiger partial charge in [0.2, 0.25) is 5.91 Å². The van der Waals surface area contributed by atoms with Crippen LogP contribution in [-0.2, 0) is 11.2 Å². The lowest BCUT2D eigenvalue weighted by atomic mass is 10.0. The second kappa shape index (κ2) is 9.66. The Morgan fingerprint density at radius 1 is 1.03 bits per heavy atom. The second-order valence-electron chi connectivity index (χ2n) is 7.58. The van der Waals surface area contributed by atoms with Gasteiger partial charge in [0.15, 0.2) is 0 Å². The lowest BCUT2D eigenvalue weighted by Gasteiger charge is -2.09. The molecule has 2 aromatic carbocycles.